The highest BCUT2D eigenvalue weighted by atomic mass is 16.5. The molecule has 0 aliphatic carbocycles. The largest absolute Gasteiger partial charge is 0.480 e. The number of imidazole rings is 1. The van der Waals surface area contributed by atoms with Gasteiger partial charge in [-0.2, -0.15) is 0 Å². The van der Waals surface area contributed by atoms with Crippen molar-refractivity contribution < 1.29 is 132 Å². The Hall–Kier alpha value is -11.5. The van der Waals surface area contributed by atoms with Gasteiger partial charge in [-0.1, -0.05) is 105 Å². The van der Waals surface area contributed by atoms with Crippen molar-refractivity contribution in [3.05, 3.63) is 126 Å². The highest BCUT2D eigenvalue weighted by Crippen LogP contribution is 2.27. The molecule has 1 aromatic heterocycles. The van der Waals surface area contributed by atoms with Crippen molar-refractivity contribution in [3.8, 4) is 0 Å². The summed E-state index contributed by atoms with van der Waals surface area (Å²) in [7, 11) is 0. The van der Waals surface area contributed by atoms with E-state index in [1.54, 1.807) is 43.3 Å². The van der Waals surface area contributed by atoms with Gasteiger partial charge < -0.3 is 131 Å². The molecule has 3 aromatic carbocycles. The molecule has 4 bridgehead atoms. The van der Waals surface area contributed by atoms with E-state index in [2.05, 4.69) is 58.5 Å². The summed E-state index contributed by atoms with van der Waals surface area (Å²) in [6.07, 6.45) is -18.7. The number of β-amino-alcohol motifs (C(OH)–C–C–N with tert-alkyl or cyclic N) is 1. The first-order chi connectivity index (χ1) is 55.5. The van der Waals surface area contributed by atoms with Crippen LogP contribution in [0.1, 0.15) is 100 Å². The van der Waals surface area contributed by atoms with E-state index in [1.165, 1.54) is 31.2 Å². The summed E-state index contributed by atoms with van der Waals surface area (Å²) in [4.78, 5) is 214. The van der Waals surface area contributed by atoms with Crippen LogP contribution >= 0.6 is 0 Å². The third-order valence-electron chi connectivity index (χ3n) is 19.9. The molecule has 4 aromatic rings. The quantitative estimate of drug-likeness (QED) is 0.0388. The highest BCUT2D eigenvalue weighted by molar-refractivity contribution is 6.01. The Morgan fingerprint density at radius 1 is 0.573 bits per heavy atom. The molecule has 42 heteroatoms. The van der Waals surface area contributed by atoms with Gasteiger partial charge >= 0.3 is 5.97 Å². The van der Waals surface area contributed by atoms with Gasteiger partial charge in [-0.05, 0) is 61.6 Å². The molecule has 26 N–H and O–H groups in total. The van der Waals surface area contributed by atoms with Crippen molar-refractivity contribution >= 4 is 88.7 Å². The maximum atomic E-state index is 15.3. The fourth-order valence-electron chi connectivity index (χ4n) is 13.2. The van der Waals surface area contributed by atoms with Crippen LogP contribution in [0.3, 0.4) is 0 Å². The van der Waals surface area contributed by atoms with E-state index in [4.69, 9.17) is 16.2 Å². The van der Waals surface area contributed by atoms with Crippen LogP contribution in [-0.2, 0) is 102 Å². The van der Waals surface area contributed by atoms with Gasteiger partial charge in [0.2, 0.25) is 89.3 Å². The standard InChI is InChI=1S/C75H102N16O26/c1-36(22-23-39-14-7-4-8-15-39)24-51(95)44-28-56(100)80-49(32-92)68(109)85-48-31-90-30-42(91(35-90)74-62(103)60(101)53(97)34-117-74)26-46(65(106)88-58(38(3)94)72(113)86-50(33-93)69(110)83-45(64(105)82-44)25-40-16-9-5-10-17-40)79-55(99)21-13-20-43(75(115)116)81-70(111)52(96)29-78-71(112)57(37(2)41-18-11-6-12-19-41)87-73(114)59(61(102)63(77)104)89-66(107)47(27-54(76)98)84-67(48)108/h4-12,14-19,30,35-38,43-53,57-62,74,92-97,101-103H,13,20-29,31-34H2,1-3H3,(H16-,76,77,78,79,80,81,82,83,84,85,86,87,88,89,98,99,100,104,105,106,107,108,109,110,111,112,113,114,115,116)/p+1/t36?,37-,38-,43-,44-,45-,46-,47-,48+,49-,50-,51-,52+,53+,57-,58-,59-,60+,61+,62-,74-/m0/s1. The van der Waals surface area contributed by atoms with Crippen LogP contribution in [0.5, 0.6) is 0 Å². The number of aliphatic carboxylic acids is 1. The Morgan fingerprint density at radius 2 is 1.13 bits per heavy atom. The van der Waals surface area contributed by atoms with Crippen LogP contribution in [0.15, 0.2) is 104 Å². The van der Waals surface area contributed by atoms with E-state index >= 15 is 9.59 Å². The van der Waals surface area contributed by atoms with Crippen molar-refractivity contribution in [2.24, 2.45) is 17.4 Å². The van der Waals surface area contributed by atoms with E-state index in [0.29, 0.717) is 24.0 Å². The first kappa shape index (κ1) is 92.7. The first-order valence-electron chi connectivity index (χ1n) is 37.7. The fraction of sp³-hybridized carbons (Fsp3) is 0.520. The SMILES string of the molecule is CC(CCc1ccccc1)C[C@H](O)[C@@H]1CC(=O)N[C@@H](CO)C(=O)N[C@@H]2C[n+]3cc(n([C@H]4OC[C@@H](O)[C@@H](O)[C@@H]4O)c3)C[C@H](NC(=O)CCC[C@@H](C(=O)O)NC(=O)[C@H](O)CNC(=O)[C@H]([C@@H](C)c3ccccc3)NC(=O)[C@H]([C@@H](O)C(N)=O)NC(=O)[C@H](CC(N)=O)NC2=O)C(=O)N[C@@H]([C@H](C)O)C(=O)N[C@@H](CO)C(=O)N[C@@H](Cc2ccccc2)C(=O)N1. The van der Waals surface area contributed by atoms with Gasteiger partial charge in [-0.3, -0.25) is 67.1 Å². The maximum absolute atomic E-state index is 15.3. The number of hydrogen-bond donors (Lipinski definition) is 24. The number of aliphatic hydroxyl groups is 9. The summed E-state index contributed by atoms with van der Waals surface area (Å²) in [5.41, 5.74) is 12.5. The number of fused-ring (bicyclic) bond motifs is 2. The first-order valence-corrected chi connectivity index (χ1v) is 37.7. The Kier molecular flexibility index (Phi) is 34.9. The molecule has 0 saturated carbocycles. The number of carboxylic acids is 1. The minimum absolute atomic E-state index is 0.116. The Bertz CT molecular complexity index is 4150. The van der Waals surface area contributed by atoms with Crippen LogP contribution in [0.2, 0.25) is 0 Å². The third-order valence-corrected chi connectivity index (χ3v) is 19.9. The highest BCUT2D eigenvalue weighted by Gasteiger charge is 2.46. The van der Waals surface area contributed by atoms with E-state index in [-0.39, 0.29) is 24.5 Å². The minimum Gasteiger partial charge on any atom is -0.480 e. The summed E-state index contributed by atoms with van der Waals surface area (Å²) in [6.45, 7) is -1.11. The number of hydrogen-bond acceptors (Lipinski definition) is 25. The number of nitrogens with one attached hydrogen (secondary N) is 12. The molecule has 638 valence electrons. The van der Waals surface area contributed by atoms with Crippen LogP contribution in [0.4, 0.5) is 0 Å². The number of nitrogens with two attached hydrogens (primary N) is 2. The van der Waals surface area contributed by atoms with Crippen LogP contribution in [0.25, 0.3) is 0 Å². The van der Waals surface area contributed by atoms with Gasteiger partial charge in [0.25, 0.3) is 5.91 Å². The smallest absolute Gasteiger partial charge is 0.326 e. The molecule has 7 rings (SSSR count). The molecular weight excluding hydrogens is 1540 g/mol. The number of benzene rings is 3. The topological polar surface area (TPSA) is 673 Å². The monoisotopic (exact) mass is 1640 g/mol. The lowest BCUT2D eigenvalue weighted by molar-refractivity contribution is -0.697. The van der Waals surface area contributed by atoms with E-state index in [0.717, 1.165) is 34.1 Å². The second-order valence-corrected chi connectivity index (χ2v) is 29.1. The lowest BCUT2D eigenvalue weighted by Gasteiger charge is -2.33. The van der Waals surface area contributed by atoms with Crippen LogP contribution in [-0.4, -0.2) is 280 Å². The number of aliphatic hydroxyl groups excluding tert-OH is 9. The summed E-state index contributed by atoms with van der Waals surface area (Å²) < 4.78 is 7.78. The van der Waals surface area contributed by atoms with Gasteiger partial charge in [-0.25, -0.2) is 13.9 Å². The molecule has 1 fully saturated rings. The van der Waals surface area contributed by atoms with E-state index < -0.39 is 281 Å². The van der Waals surface area contributed by atoms with Crippen molar-refractivity contribution in [1.29, 1.82) is 0 Å². The molecule has 0 spiro atoms. The number of ether oxygens (including phenoxy) is 1. The number of primary amides is 2. The van der Waals surface area contributed by atoms with Gasteiger partial charge in [0.15, 0.2) is 6.10 Å². The molecule has 4 heterocycles. The van der Waals surface area contributed by atoms with Crippen LogP contribution in [0, 0.1) is 5.92 Å². The number of amides is 14. The molecule has 1 saturated heterocycles. The molecule has 3 aliphatic rings. The second kappa shape index (κ2) is 44.0. The molecule has 42 nitrogen and oxygen atoms in total. The summed E-state index contributed by atoms with van der Waals surface area (Å²) >= 11 is 0. The average Bonchev–Trinajstić information content (AvgIpc) is 1.66. The molecule has 3 aliphatic heterocycles. The fourth-order valence-corrected chi connectivity index (χ4v) is 13.2. The zero-order chi connectivity index (χ0) is 86.1. The summed E-state index contributed by atoms with van der Waals surface area (Å²) in [5.74, 6) is -22.5. The second-order valence-electron chi connectivity index (χ2n) is 29.1. The molecule has 21 atom stereocenters. The molecule has 0 radical (unpaired) electrons. The Labute approximate surface area is 669 Å². The normalized spacial score (nSPS) is 28.1. The van der Waals surface area contributed by atoms with Crippen LogP contribution < -0.4 is 79.8 Å². The summed E-state index contributed by atoms with van der Waals surface area (Å²) in [6, 6.07) is 2.17. The number of rotatable bonds is 19. The third kappa shape index (κ3) is 27.1. The van der Waals surface area contributed by atoms with Crippen molar-refractivity contribution in [1.82, 2.24) is 68.4 Å². The summed E-state index contributed by atoms with van der Waals surface area (Å²) in [5, 5.41) is 139. The van der Waals surface area contributed by atoms with E-state index in [1.807, 2.05) is 35.6 Å². The zero-order valence-corrected chi connectivity index (χ0v) is 64.1. The minimum atomic E-state index is -2.73. The number of carbonyl (C=O) groups is 15. The van der Waals surface area contributed by atoms with Gasteiger partial charge in [0.05, 0.1) is 51.0 Å². The number of aromatic nitrogens is 2. The van der Waals surface area contributed by atoms with E-state index in [9.17, 15) is 113 Å². The predicted molar refractivity (Wildman–Crippen MR) is 402 cm³/mol. The van der Waals surface area contributed by atoms with Crippen molar-refractivity contribution in [2.45, 2.75) is 213 Å². The van der Waals surface area contributed by atoms with Crippen molar-refractivity contribution in [2.75, 3.05) is 26.4 Å². The molecular formula is C75H103N16O26+. The average molecular weight is 1640 g/mol. The lowest BCUT2D eigenvalue weighted by Crippen LogP contribution is -2.64. The van der Waals surface area contributed by atoms with Gasteiger partial charge in [0, 0.05) is 31.6 Å². The number of carbonyl (C=O) groups excluding carboxylic acids is 14. The Balaban J connectivity index is 1.41. The molecule has 117 heavy (non-hydrogen) atoms. The number of aryl methyl sites for hydroxylation is 1. The number of nitrogens with zero attached hydrogens (tertiary/aromatic N) is 2. The zero-order valence-electron chi connectivity index (χ0n) is 64.1. The number of carboxylic acid groups (broad SMARTS) is 1. The molecule has 14 amide bonds. The maximum Gasteiger partial charge on any atom is 0.326 e. The lowest BCUT2D eigenvalue weighted by atomic mass is 9.91. The van der Waals surface area contributed by atoms with Gasteiger partial charge in [-0.15, -0.1) is 0 Å². The Morgan fingerprint density at radius 3 is 1.74 bits per heavy atom. The van der Waals surface area contributed by atoms with Crippen molar-refractivity contribution in [3.63, 3.8) is 0 Å². The van der Waals surface area contributed by atoms with Gasteiger partial charge in [0.1, 0.15) is 103 Å². The molecule has 1 unspecified atom stereocenters. The predicted octanol–water partition coefficient (Wildman–Crippen LogP) is -10.4.